The summed E-state index contributed by atoms with van der Waals surface area (Å²) in [6.07, 6.45) is 8.04. The maximum absolute atomic E-state index is 11.9. The van der Waals surface area contributed by atoms with Gasteiger partial charge in [0.05, 0.1) is 18.1 Å². The van der Waals surface area contributed by atoms with E-state index in [2.05, 4.69) is 15.8 Å². The van der Waals surface area contributed by atoms with Gasteiger partial charge in [-0.2, -0.15) is 0 Å². The number of carbonyl (C=O) groups excluding carboxylic acids is 1. The first-order valence-electron chi connectivity index (χ1n) is 10.9. The van der Waals surface area contributed by atoms with Crippen LogP contribution in [0.2, 0.25) is 0 Å². The van der Waals surface area contributed by atoms with Gasteiger partial charge in [0.1, 0.15) is 5.75 Å². The molecule has 0 unspecified atom stereocenters. The number of amides is 1. The van der Waals surface area contributed by atoms with Gasteiger partial charge in [-0.3, -0.25) is 9.78 Å². The van der Waals surface area contributed by atoms with E-state index < -0.39 is 10.0 Å². The number of hydrogen-bond donors (Lipinski definition) is 1. The molecule has 0 radical (unpaired) electrons. The number of aryl methyl sites for hydroxylation is 1. The number of benzene rings is 1. The molecule has 1 fully saturated rings. The fourth-order valence-electron chi connectivity index (χ4n) is 4.31. The molecule has 1 aliphatic carbocycles. The molecule has 1 saturated carbocycles. The van der Waals surface area contributed by atoms with Crippen molar-refractivity contribution in [3.63, 3.8) is 0 Å². The Bertz CT molecular complexity index is 1060. The van der Waals surface area contributed by atoms with Crippen LogP contribution in [0.1, 0.15) is 44.6 Å². The van der Waals surface area contributed by atoms with Crippen LogP contribution in [0.25, 0.3) is 11.1 Å². The van der Waals surface area contributed by atoms with Crippen molar-refractivity contribution in [2.45, 2.75) is 57.6 Å². The van der Waals surface area contributed by atoms with Crippen molar-refractivity contribution < 1.29 is 17.9 Å². The molecule has 7 nitrogen and oxygen atoms in total. The van der Waals surface area contributed by atoms with Gasteiger partial charge in [-0.25, -0.2) is 13.1 Å². The minimum Gasteiger partial charge on any atom is -0.489 e. The summed E-state index contributed by atoms with van der Waals surface area (Å²) >= 11 is 0. The highest BCUT2D eigenvalue weighted by molar-refractivity contribution is 7.89. The first-order chi connectivity index (χ1) is 14.8. The number of nitrogens with zero attached hydrogens (tertiary/aromatic N) is 2. The number of sulfonamides is 1. The highest BCUT2D eigenvalue weighted by Gasteiger charge is 2.25. The molecule has 0 atom stereocenters. The van der Waals surface area contributed by atoms with Crippen LogP contribution in [-0.2, 0) is 21.2 Å². The van der Waals surface area contributed by atoms with Gasteiger partial charge in [0.15, 0.2) is 0 Å². The third kappa shape index (κ3) is 5.07. The van der Waals surface area contributed by atoms with E-state index in [1.54, 1.807) is 18.0 Å². The second kappa shape index (κ2) is 8.96. The Morgan fingerprint density at radius 2 is 1.87 bits per heavy atom. The average molecular weight is 444 g/mol. The monoisotopic (exact) mass is 443 g/mol. The molecule has 1 aromatic carbocycles. The summed E-state index contributed by atoms with van der Waals surface area (Å²) in [7, 11) is -1.35. The molecule has 2 heterocycles. The number of aromatic nitrogens is 1. The Kier molecular flexibility index (Phi) is 6.29. The lowest BCUT2D eigenvalue weighted by Crippen LogP contribution is -2.40. The van der Waals surface area contributed by atoms with E-state index in [0.29, 0.717) is 6.42 Å². The van der Waals surface area contributed by atoms with Gasteiger partial charge in [0.2, 0.25) is 15.9 Å². The summed E-state index contributed by atoms with van der Waals surface area (Å²) in [5, 5.41) is 0. The van der Waals surface area contributed by atoms with E-state index in [4.69, 9.17) is 4.74 Å². The van der Waals surface area contributed by atoms with Crippen molar-refractivity contribution in [3.05, 3.63) is 42.2 Å². The van der Waals surface area contributed by atoms with Gasteiger partial charge < -0.3 is 9.64 Å². The topological polar surface area (TPSA) is 88.6 Å². The van der Waals surface area contributed by atoms with E-state index in [0.717, 1.165) is 54.7 Å². The first-order valence-corrected chi connectivity index (χ1v) is 12.5. The molecular formula is C23H29N3O4S. The molecule has 0 bridgehead atoms. The first kappa shape index (κ1) is 21.8. The molecule has 2 aromatic rings. The predicted molar refractivity (Wildman–Crippen MR) is 121 cm³/mol. The fraction of sp³-hybridized carbons (Fsp3) is 0.478. The highest BCUT2D eigenvalue weighted by Crippen LogP contribution is 2.32. The number of fused-ring (bicyclic) bond motifs is 1. The minimum atomic E-state index is -3.17. The molecule has 31 heavy (non-hydrogen) atoms. The average Bonchev–Trinajstić information content (AvgIpc) is 2.77. The maximum Gasteiger partial charge on any atom is 0.227 e. The molecule has 1 aliphatic heterocycles. The molecule has 1 N–H and O–H groups in total. The summed E-state index contributed by atoms with van der Waals surface area (Å²) in [6, 6.07) is 8.13. The molecule has 1 aromatic heterocycles. The van der Waals surface area contributed by atoms with Crippen LogP contribution >= 0.6 is 0 Å². The standard InChI is InChI=1S/C23H29N3O4S/c1-3-31(28,29)25-19-6-8-20(9-7-19)30-21-13-18(14-24-15-21)16-4-10-22-17(12-16)5-11-23(27)26(22)2/h4,10,12-15,19-20,25H,3,5-9,11H2,1-2H3/t19-,20-. The molecule has 2 aliphatic rings. The lowest BCUT2D eigenvalue weighted by atomic mass is 9.93. The van der Waals surface area contributed by atoms with Crippen LogP contribution in [0.3, 0.4) is 0 Å². The number of carbonyl (C=O) groups is 1. The van der Waals surface area contributed by atoms with E-state index in [1.807, 2.05) is 31.4 Å². The van der Waals surface area contributed by atoms with Crippen molar-refractivity contribution in [1.82, 2.24) is 9.71 Å². The van der Waals surface area contributed by atoms with Crippen LogP contribution in [0, 0.1) is 0 Å². The molecule has 0 spiro atoms. The van der Waals surface area contributed by atoms with Crippen molar-refractivity contribution in [2.75, 3.05) is 17.7 Å². The molecule has 4 rings (SSSR count). The SMILES string of the molecule is CCS(=O)(=O)N[C@H]1CC[C@H](Oc2cncc(-c3ccc4c(c3)CCC(=O)N4C)c2)CC1. The number of nitrogens with one attached hydrogen (secondary N) is 1. The van der Waals surface area contributed by atoms with E-state index in [1.165, 1.54) is 5.56 Å². The summed E-state index contributed by atoms with van der Waals surface area (Å²) in [5.74, 6) is 0.978. The third-order valence-electron chi connectivity index (χ3n) is 6.17. The van der Waals surface area contributed by atoms with Crippen LogP contribution in [0.5, 0.6) is 5.75 Å². The summed E-state index contributed by atoms with van der Waals surface area (Å²) in [6.45, 7) is 1.65. The Hall–Kier alpha value is -2.45. The third-order valence-corrected chi connectivity index (χ3v) is 7.63. The number of ether oxygens (including phenoxy) is 1. The molecule has 166 valence electrons. The molecular weight excluding hydrogens is 414 g/mol. The van der Waals surface area contributed by atoms with E-state index >= 15 is 0 Å². The van der Waals surface area contributed by atoms with E-state index in [-0.39, 0.29) is 23.8 Å². The predicted octanol–water partition coefficient (Wildman–Crippen LogP) is 3.29. The molecule has 8 heteroatoms. The van der Waals surface area contributed by atoms with Gasteiger partial charge in [-0.15, -0.1) is 0 Å². The fourth-order valence-corrected chi connectivity index (χ4v) is 5.22. The van der Waals surface area contributed by atoms with Crippen LogP contribution in [0.15, 0.2) is 36.7 Å². The van der Waals surface area contributed by atoms with Gasteiger partial charge in [0, 0.05) is 37.0 Å². The van der Waals surface area contributed by atoms with Gasteiger partial charge in [-0.1, -0.05) is 6.07 Å². The largest absolute Gasteiger partial charge is 0.489 e. The second-order valence-corrected chi connectivity index (χ2v) is 10.4. The van der Waals surface area contributed by atoms with Gasteiger partial charge in [-0.05, 0) is 68.4 Å². The van der Waals surface area contributed by atoms with Gasteiger partial charge >= 0.3 is 0 Å². The van der Waals surface area contributed by atoms with Crippen LogP contribution < -0.4 is 14.4 Å². The molecule has 1 amide bonds. The normalized spacial score (nSPS) is 21.6. The minimum absolute atomic E-state index is 0.00484. The van der Waals surface area contributed by atoms with Crippen molar-refractivity contribution in [1.29, 1.82) is 0 Å². The summed E-state index contributed by atoms with van der Waals surface area (Å²) < 4.78 is 32.5. The highest BCUT2D eigenvalue weighted by atomic mass is 32.2. The lowest BCUT2D eigenvalue weighted by molar-refractivity contribution is -0.118. The Morgan fingerprint density at radius 3 is 2.61 bits per heavy atom. The van der Waals surface area contributed by atoms with Gasteiger partial charge in [0.25, 0.3) is 0 Å². The second-order valence-electron chi connectivity index (χ2n) is 8.32. The number of pyridine rings is 1. The van der Waals surface area contributed by atoms with Crippen molar-refractivity contribution in [3.8, 4) is 16.9 Å². The Labute approximate surface area is 183 Å². The van der Waals surface area contributed by atoms with Crippen LogP contribution in [-0.4, -0.2) is 44.3 Å². The number of anilines is 1. The van der Waals surface area contributed by atoms with Crippen molar-refractivity contribution >= 4 is 21.6 Å². The quantitative estimate of drug-likeness (QED) is 0.740. The van der Waals surface area contributed by atoms with Crippen molar-refractivity contribution in [2.24, 2.45) is 0 Å². The Morgan fingerprint density at radius 1 is 1.10 bits per heavy atom. The zero-order valence-corrected chi connectivity index (χ0v) is 18.8. The zero-order valence-electron chi connectivity index (χ0n) is 18.0. The number of rotatable bonds is 6. The smallest absolute Gasteiger partial charge is 0.227 e. The molecule has 0 saturated heterocycles. The Balaban J connectivity index is 1.41. The lowest BCUT2D eigenvalue weighted by Gasteiger charge is -2.29. The summed E-state index contributed by atoms with van der Waals surface area (Å²) in [4.78, 5) is 18.0. The van der Waals surface area contributed by atoms with E-state index in [9.17, 15) is 13.2 Å². The zero-order chi connectivity index (χ0) is 22.0. The summed E-state index contributed by atoms with van der Waals surface area (Å²) in [5.41, 5.74) is 4.16. The van der Waals surface area contributed by atoms with Crippen LogP contribution in [0.4, 0.5) is 5.69 Å². The number of hydrogen-bond acceptors (Lipinski definition) is 5. The maximum atomic E-state index is 11.9.